The predicted octanol–water partition coefficient (Wildman–Crippen LogP) is 6.82. The molecule has 39 heavy (non-hydrogen) atoms. The van der Waals surface area contributed by atoms with Crippen molar-refractivity contribution in [2.45, 2.75) is 58.2 Å². The molecule has 4 rings (SSSR count). The van der Waals surface area contributed by atoms with Crippen molar-refractivity contribution < 1.29 is 29.6 Å². The van der Waals surface area contributed by atoms with Gasteiger partial charge in [0.1, 0.15) is 23.9 Å². The standard InChI is InChI=1S/C33H38O6/c1-3-4-24-9-12-29(35)18-27(24)19-31(37)20-30(36)11-6-22-7-14-32(38-2)33(16-22)39-21-23-5-8-26-17-28(34)13-10-25(26)15-23/h5,7-10,12-18,24,27,31,34-35,37H,3-4,6,11,19-21H2,1-2H3/t24-,27+,31-/m0/s1. The van der Waals surface area contributed by atoms with Crippen molar-refractivity contribution in [2.24, 2.45) is 11.8 Å². The number of aliphatic hydroxyl groups is 2. The number of carbonyl (C=O) groups is 1. The van der Waals surface area contributed by atoms with Gasteiger partial charge in [0.25, 0.3) is 0 Å². The van der Waals surface area contributed by atoms with E-state index in [1.165, 1.54) is 0 Å². The van der Waals surface area contributed by atoms with Crippen LogP contribution in [0.4, 0.5) is 0 Å². The number of benzene rings is 3. The van der Waals surface area contributed by atoms with E-state index >= 15 is 0 Å². The highest BCUT2D eigenvalue weighted by Gasteiger charge is 2.24. The summed E-state index contributed by atoms with van der Waals surface area (Å²) < 4.78 is 11.6. The molecule has 0 heterocycles. The van der Waals surface area contributed by atoms with E-state index in [0.29, 0.717) is 37.4 Å². The Bertz CT molecular complexity index is 1340. The summed E-state index contributed by atoms with van der Waals surface area (Å²) in [6.07, 6.45) is 8.22. The number of rotatable bonds is 13. The molecular weight excluding hydrogens is 492 g/mol. The minimum atomic E-state index is -0.738. The largest absolute Gasteiger partial charge is 0.508 e. The molecule has 0 aromatic heterocycles. The average molecular weight is 531 g/mol. The summed E-state index contributed by atoms with van der Waals surface area (Å²) in [5.74, 6) is 2.00. The first-order chi connectivity index (χ1) is 18.8. The lowest BCUT2D eigenvalue weighted by Gasteiger charge is -2.26. The van der Waals surface area contributed by atoms with E-state index in [0.717, 1.165) is 34.7 Å². The number of methoxy groups -OCH3 is 1. The van der Waals surface area contributed by atoms with E-state index in [9.17, 15) is 20.1 Å². The van der Waals surface area contributed by atoms with Crippen LogP contribution in [0, 0.1) is 11.8 Å². The van der Waals surface area contributed by atoms with Gasteiger partial charge in [-0.3, -0.25) is 4.79 Å². The number of aromatic hydroxyl groups is 1. The van der Waals surface area contributed by atoms with E-state index < -0.39 is 6.10 Å². The number of aliphatic hydroxyl groups excluding tert-OH is 2. The molecule has 3 atom stereocenters. The Hall–Kier alpha value is -3.77. The van der Waals surface area contributed by atoms with Crippen molar-refractivity contribution >= 4 is 16.6 Å². The first kappa shape index (κ1) is 28.2. The predicted molar refractivity (Wildman–Crippen MR) is 153 cm³/mol. The summed E-state index contributed by atoms with van der Waals surface area (Å²) >= 11 is 0. The molecule has 3 aromatic carbocycles. The zero-order valence-electron chi connectivity index (χ0n) is 22.7. The Balaban J connectivity index is 1.31. The molecule has 6 nitrogen and oxygen atoms in total. The number of carbonyl (C=O) groups excluding carboxylic acids is 1. The molecule has 1 aliphatic rings. The number of hydrogen-bond donors (Lipinski definition) is 3. The summed E-state index contributed by atoms with van der Waals surface area (Å²) in [6.45, 7) is 2.47. The topological polar surface area (TPSA) is 96.2 Å². The Morgan fingerprint density at radius 1 is 0.949 bits per heavy atom. The van der Waals surface area contributed by atoms with Gasteiger partial charge < -0.3 is 24.8 Å². The van der Waals surface area contributed by atoms with E-state index in [-0.39, 0.29) is 35.5 Å². The Morgan fingerprint density at radius 3 is 2.51 bits per heavy atom. The van der Waals surface area contributed by atoms with E-state index in [2.05, 4.69) is 6.92 Å². The van der Waals surface area contributed by atoms with Crippen LogP contribution in [0.25, 0.3) is 10.8 Å². The van der Waals surface area contributed by atoms with Crippen LogP contribution in [-0.4, -0.2) is 34.3 Å². The average Bonchev–Trinajstić information content (AvgIpc) is 2.92. The van der Waals surface area contributed by atoms with Crippen LogP contribution >= 0.6 is 0 Å². The highest BCUT2D eigenvalue weighted by molar-refractivity contribution is 5.84. The van der Waals surface area contributed by atoms with Crippen molar-refractivity contribution in [2.75, 3.05) is 7.11 Å². The van der Waals surface area contributed by atoms with Crippen LogP contribution in [0.15, 0.2) is 78.6 Å². The third-order valence-corrected chi connectivity index (χ3v) is 7.28. The smallest absolute Gasteiger partial charge is 0.161 e. The van der Waals surface area contributed by atoms with Crippen LogP contribution in [0.5, 0.6) is 17.2 Å². The van der Waals surface area contributed by atoms with Crippen LogP contribution in [-0.2, 0) is 17.8 Å². The van der Waals surface area contributed by atoms with Gasteiger partial charge in [-0.15, -0.1) is 0 Å². The Morgan fingerprint density at radius 2 is 1.72 bits per heavy atom. The van der Waals surface area contributed by atoms with Crippen LogP contribution in [0.2, 0.25) is 0 Å². The van der Waals surface area contributed by atoms with Crippen molar-refractivity contribution in [1.29, 1.82) is 0 Å². The molecule has 0 amide bonds. The third kappa shape index (κ3) is 7.87. The number of ether oxygens (including phenoxy) is 2. The fourth-order valence-electron chi connectivity index (χ4n) is 5.22. The second kappa shape index (κ2) is 13.3. The molecule has 1 aliphatic carbocycles. The van der Waals surface area contributed by atoms with Gasteiger partial charge in [0.05, 0.1) is 13.2 Å². The van der Waals surface area contributed by atoms with E-state index in [4.69, 9.17) is 9.47 Å². The van der Waals surface area contributed by atoms with Crippen molar-refractivity contribution in [3.8, 4) is 17.2 Å². The number of allylic oxidation sites excluding steroid dienone is 3. The Labute approximate surface area is 230 Å². The van der Waals surface area contributed by atoms with Crippen LogP contribution in [0.3, 0.4) is 0 Å². The zero-order chi connectivity index (χ0) is 27.8. The zero-order valence-corrected chi connectivity index (χ0v) is 22.7. The lowest BCUT2D eigenvalue weighted by Crippen LogP contribution is -2.23. The van der Waals surface area contributed by atoms with E-state index in [1.807, 2.05) is 48.5 Å². The van der Waals surface area contributed by atoms with E-state index in [1.54, 1.807) is 31.4 Å². The van der Waals surface area contributed by atoms with Gasteiger partial charge >= 0.3 is 0 Å². The second-order valence-electron chi connectivity index (χ2n) is 10.3. The lowest BCUT2D eigenvalue weighted by molar-refractivity contribution is -0.121. The summed E-state index contributed by atoms with van der Waals surface area (Å²) in [6, 6.07) is 16.9. The first-order valence-electron chi connectivity index (χ1n) is 13.6. The summed E-state index contributed by atoms with van der Waals surface area (Å²) in [4.78, 5) is 12.7. The second-order valence-corrected chi connectivity index (χ2v) is 10.3. The first-order valence-corrected chi connectivity index (χ1v) is 13.6. The maximum Gasteiger partial charge on any atom is 0.161 e. The minimum absolute atomic E-state index is 0.00887. The highest BCUT2D eigenvalue weighted by Crippen LogP contribution is 2.32. The van der Waals surface area contributed by atoms with Gasteiger partial charge in [0.15, 0.2) is 11.5 Å². The molecule has 0 bridgehead atoms. The molecule has 0 spiro atoms. The lowest BCUT2D eigenvalue weighted by atomic mass is 9.80. The minimum Gasteiger partial charge on any atom is -0.508 e. The number of hydrogen-bond acceptors (Lipinski definition) is 6. The molecule has 0 saturated heterocycles. The fourth-order valence-corrected chi connectivity index (χ4v) is 5.22. The number of aryl methyl sites for hydroxylation is 1. The van der Waals surface area contributed by atoms with Crippen molar-refractivity contribution in [3.63, 3.8) is 0 Å². The highest BCUT2D eigenvalue weighted by atomic mass is 16.5. The maximum atomic E-state index is 12.7. The fraction of sp³-hybridized carbons (Fsp3) is 0.364. The molecule has 0 saturated carbocycles. The summed E-state index contributed by atoms with van der Waals surface area (Å²) in [7, 11) is 1.59. The molecule has 0 radical (unpaired) electrons. The van der Waals surface area contributed by atoms with Gasteiger partial charge in [-0.25, -0.2) is 0 Å². The summed E-state index contributed by atoms with van der Waals surface area (Å²) in [5, 5.41) is 32.1. The quantitative estimate of drug-likeness (QED) is 0.224. The molecule has 6 heteroatoms. The van der Waals surface area contributed by atoms with Crippen molar-refractivity contribution in [3.05, 3.63) is 89.7 Å². The molecule has 3 aromatic rings. The maximum absolute atomic E-state index is 12.7. The van der Waals surface area contributed by atoms with Crippen LogP contribution in [0.1, 0.15) is 50.2 Å². The van der Waals surface area contributed by atoms with Gasteiger partial charge in [-0.1, -0.05) is 43.7 Å². The number of phenolic OH excluding ortho intramolecular Hbond substituents is 1. The molecule has 0 aliphatic heterocycles. The van der Waals surface area contributed by atoms with Gasteiger partial charge in [-0.05, 0) is 95.5 Å². The van der Waals surface area contributed by atoms with Gasteiger partial charge in [-0.2, -0.15) is 0 Å². The molecule has 0 fully saturated rings. The number of fused-ring (bicyclic) bond motifs is 1. The SMILES string of the molecule is CCC[C@H]1C=CC(O)=C[C@@H]1C[C@H](O)CC(=O)CCc1ccc(OC)c(OCc2ccc3cc(O)ccc3c2)c1. The number of Topliss-reactive ketones (excluding diaryl/α,β-unsaturated/α-hetero) is 1. The monoisotopic (exact) mass is 530 g/mol. The summed E-state index contributed by atoms with van der Waals surface area (Å²) in [5.41, 5.74) is 1.94. The molecule has 3 N–H and O–H groups in total. The molecular formula is C33H38O6. The normalized spacial score (nSPS) is 17.6. The third-order valence-electron chi connectivity index (χ3n) is 7.28. The van der Waals surface area contributed by atoms with Gasteiger partial charge in [0, 0.05) is 12.8 Å². The van der Waals surface area contributed by atoms with Crippen molar-refractivity contribution in [1.82, 2.24) is 0 Å². The molecule has 206 valence electrons. The Kier molecular flexibility index (Phi) is 9.66. The van der Waals surface area contributed by atoms with Crippen LogP contribution < -0.4 is 9.47 Å². The number of phenols is 1. The number of ketones is 1. The van der Waals surface area contributed by atoms with Gasteiger partial charge in [0.2, 0.25) is 0 Å². The molecule has 0 unspecified atom stereocenters.